The third-order valence-electron chi connectivity index (χ3n) is 4.95. The Morgan fingerprint density at radius 3 is 2.59 bits per heavy atom. The highest BCUT2D eigenvalue weighted by molar-refractivity contribution is 6.30. The molecule has 2 N–H and O–H groups in total. The van der Waals surface area contributed by atoms with E-state index in [0.717, 1.165) is 47.9 Å². The normalized spacial score (nSPS) is 19.6. The molecule has 0 radical (unpaired) electrons. The number of hydrogen-bond acceptors (Lipinski definition) is 4. The number of benzene rings is 2. The number of nitrogens with two attached hydrogens (primary N) is 1. The maximum Gasteiger partial charge on any atom is 0.122 e. The molecule has 1 fully saturated rings. The summed E-state index contributed by atoms with van der Waals surface area (Å²) in [7, 11) is 3.39. The van der Waals surface area contributed by atoms with Crippen LogP contribution in [0, 0.1) is 5.92 Å². The number of methoxy groups -OCH3 is 2. The molecule has 3 rings (SSSR count). The number of halogens is 3. The van der Waals surface area contributed by atoms with Gasteiger partial charge in [-0.3, -0.25) is 5.84 Å². The molecular formula is C20H27Cl3N2O2. The topological polar surface area (TPSA) is 47.7 Å². The number of rotatable bonds is 5. The lowest BCUT2D eigenvalue weighted by Crippen LogP contribution is -2.44. The average molecular weight is 434 g/mol. The van der Waals surface area contributed by atoms with Crippen LogP contribution in [0.4, 0.5) is 0 Å². The number of hydrogen-bond donors (Lipinski definition) is 1. The van der Waals surface area contributed by atoms with Gasteiger partial charge in [0.05, 0.1) is 20.3 Å². The van der Waals surface area contributed by atoms with E-state index in [1.54, 1.807) is 14.2 Å². The number of piperidine rings is 1. The summed E-state index contributed by atoms with van der Waals surface area (Å²) >= 11 is 6.21. The van der Waals surface area contributed by atoms with Gasteiger partial charge in [-0.2, -0.15) is 0 Å². The molecule has 150 valence electrons. The van der Waals surface area contributed by atoms with Crippen LogP contribution in [-0.2, 0) is 6.42 Å². The summed E-state index contributed by atoms with van der Waals surface area (Å²) in [5.74, 6) is 8.50. The lowest BCUT2D eigenvalue weighted by Gasteiger charge is -2.39. The zero-order valence-corrected chi connectivity index (χ0v) is 17.9. The Balaban J connectivity index is 0.00000182. The number of ether oxygens (including phenoxy) is 2. The number of nitrogens with zero attached hydrogens (tertiary/aromatic N) is 1. The van der Waals surface area contributed by atoms with Crippen molar-refractivity contribution in [2.24, 2.45) is 11.8 Å². The molecule has 0 aliphatic carbocycles. The maximum atomic E-state index is 6.38. The van der Waals surface area contributed by atoms with Crippen LogP contribution >= 0.6 is 36.4 Å². The van der Waals surface area contributed by atoms with Crippen molar-refractivity contribution in [2.45, 2.75) is 25.3 Å². The van der Waals surface area contributed by atoms with E-state index < -0.39 is 0 Å². The van der Waals surface area contributed by atoms with Crippen LogP contribution in [0.15, 0.2) is 42.5 Å². The molecule has 0 spiro atoms. The van der Waals surface area contributed by atoms with Crippen molar-refractivity contribution >= 4 is 36.4 Å². The van der Waals surface area contributed by atoms with Crippen LogP contribution < -0.4 is 15.3 Å². The molecule has 4 nitrogen and oxygen atoms in total. The van der Waals surface area contributed by atoms with Gasteiger partial charge >= 0.3 is 0 Å². The quantitative estimate of drug-likeness (QED) is 0.669. The number of hydrazine groups is 1. The molecule has 1 aliphatic heterocycles. The first-order chi connectivity index (χ1) is 12.1. The maximum absolute atomic E-state index is 6.38. The van der Waals surface area contributed by atoms with Crippen LogP contribution in [0.2, 0.25) is 5.02 Å². The fourth-order valence-electron chi connectivity index (χ4n) is 3.80. The third kappa shape index (κ3) is 5.66. The molecule has 0 saturated carbocycles. The Morgan fingerprint density at radius 2 is 1.89 bits per heavy atom. The Labute approximate surface area is 178 Å². The molecule has 1 saturated heterocycles. The van der Waals surface area contributed by atoms with Gasteiger partial charge in [0.25, 0.3) is 0 Å². The van der Waals surface area contributed by atoms with Gasteiger partial charge in [-0.05, 0) is 66.6 Å². The molecule has 2 aromatic carbocycles. The lowest BCUT2D eigenvalue weighted by atomic mass is 9.81. The summed E-state index contributed by atoms with van der Waals surface area (Å²) < 4.78 is 10.9. The van der Waals surface area contributed by atoms with E-state index in [9.17, 15) is 0 Å². The second-order valence-corrected chi connectivity index (χ2v) is 6.96. The Kier molecular flexibility index (Phi) is 9.71. The highest BCUT2D eigenvalue weighted by atomic mass is 35.5. The minimum atomic E-state index is 0. The molecule has 0 amide bonds. The minimum absolute atomic E-state index is 0. The van der Waals surface area contributed by atoms with E-state index in [4.69, 9.17) is 26.9 Å². The summed E-state index contributed by atoms with van der Waals surface area (Å²) in [5, 5.41) is 2.69. The first-order valence-electron chi connectivity index (χ1n) is 8.60. The molecule has 7 heteroatoms. The average Bonchev–Trinajstić information content (AvgIpc) is 2.62. The van der Waals surface area contributed by atoms with Crippen LogP contribution in [-0.4, -0.2) is 25.8 Å². The molecule has 2 atom stereocenters. The molecule has 0 unspecified atom stereocenters. The molecule has 27 heavy (non-hydrogen) atoms. The summed E-state index contributed by atoms with van der Waals surface area (Å²) in [4.78, 5) is 0. The van der Waals surface area contributed by atoms with E-state index in [-0.39, 0.29) is 30.9 Å². The van der Waals surface area contributed by atoms with Crippen molar-refractivity contribution < 1.29 is 9.47 Å². The van der Waals surface area contributed by atoms with Crippen molar-refractivity contribution in [3.05, 3.63) is 58.6 Å². The smallest absolute Gasteiger partial charge is 0.122 e. The molecule has 0 bridgehead atoms. The molecule has 0 aromatic heterocycles. The van der Waals surface area contributed by atoms with Gasteiger partial charge in [0.2, 0.25) is 0 Å². The SMILES string of the molecule is COc1cccc([C@H]2[C@@H](Cc3cc(Cl)ccc3OC)CCCN2N)c1.Cl.Cl. The zero-order chi connectivity index (χ0) is 17.8. The minimum Gasteiger partial charge on any atom is -0.497 e. The predicted molar refractivity (Wildman–Crippen MR) is 116 cm³/mol. The Morgan fingerprint density at radius 1 is 1.11 bits per heavy atom. The first-order valence-corrected chi connectivity index (χ1v) is 8.98. The van der Waals surface area contributed by atoms with Crippen LogP contribution in [0.25, 0.3) is 0 Å². The Hall–Kier alpha value is -1.17. The van der Waals surface area contributed by atoms with Crippen LogP contribution in [0.3, 0.4) is 0 Å². The summed E-state index contributed by atoms with van der Waals surface area (Å²) in [6.07, 6.45) is 3.08. The molecule has 2 aromatic rings. The van der Waals surface area contributed by atoms with Gasteiger partial charge in [0.15, 0.2) is 0 Å². The third-order valence-corrected chi connectivity index (χ3v) is 5.19. The van der Waals surface area contributed by atoms with Crippen molar-refractivity contribution in [1.82, 2.24) is 5.01 Å². The Bertz CT molecular complexity index is 730. The van der Waals surface area contributed by atoms with Gasteiger partial charge < -0.3 is 9.47 Å². The summed E-state index contributed by atoms with van der Waals surface area (Å²) in [6.45, 7) is 0.894. The van der Waals surface area contributed by atoms with Gasteiger partial charge in [0, 0.05) is 11.6 Å². The second kappa shape index (κ2) is 11.0. The first kappa shape index (κ1) is 23.9. The highest BCUT2D eigenvalue weighted by Gasteiger charge is 2.32. The highest BCUT2D eigenvalue weighted by Crippen LogP contribution is 2.39. The fourth-order valence-corrected chi connectivity index (χ4v) is 3.99. The van der Waals surface area contributed by atoms with Crippen LogP contribution in [0.5, 0.6) is 11.5 Å². The van der Waals surface area contributed by atoms with Gasteiger partial charge in [0.1, 0.15) is 11.5 Å². The van der Waals surface area contributed by atoms with E-state index >= 15 is 0 Å². The lowest BCUT2D eigenvalue weighted by molar-refractivity contribution is 0.0921. The fraction of sp³-hybridized carbons (Fsp3) is 0.400. The molecule has 1 aliphatic rings. The summed E-state index contributed by atoms with van der Waals surface area (Å²) in [6, 6.07) is 14.1. The van der Waals surface area contributed by atoms with E-state index in [0.29, 0.717) is 5.92 Å². The van der Waals surface area contributed by atoms with Crippen molar-refractivity contribution in [3.8, 4) is 11.5 Å². The second-order valence-electron chi connectivity index (χ2n) is 6.52. The van der Waals surface area contributed by atoms with Gasteiger partial charge in [-0.25, -0.2) is 5.01 Å². The molecular weight excluding hydrogens is 407 g/mol. The zero-order valence-electron chi connectivity index (χ0n) is 15.6. The standard InChI is InChI=1S/C20H25ClN2O2.2ClH/c1-24-18-7-3-5-15(13-18)20-14(6-4-10-23(20)22)11-16-12-17(21)8-9-19(16)25-2;;/h3,5,7-9,12-14,20H,4,6,10-11,22H2,1-2H3;2*1H/t14-,20-;;/m1../s1. The van der Waals surface area contributed by atoms with Crippen molar-refractivity contribution in [3.63, 3.8) is 0 Å². The largest absolute Gasteiger partial charge is 0.497 e. The van der Waals surface area contributed by atoms with Crippen LogP contribution in [0.1, 0.15) is 30.0 Å². The van der Waals surface area contributed by atoms with E-state index in [1.165, 1.54) is 5.56 Å². The van der Waals surface area contributed by atoms with E-state index in [1.807, 2.05) is 35.3 Å². The predicted octanol–water partition coefficient (Wildman–Crippen LogP) is 5.07. The van der Waals surface area contributed by atoms with E-state index in [2.05, 4.69) is 12.1 Å². The van der Waals surface area contributed by atoms with Crippen molar-refractivity contribution in [1.29, 1.82) is 0 Å². The van der Waals surface area contributed by atoms with Crippen molar-refractivity contribution in [2.75, 3.05) is 20.8 Å². The van der Waals surface area contributed by atoms with Gasteiger partial charge in [-0.1, -0.05) is 23.7 Å². The summed E-state index contributed by atoms with van der Waals surface area (Å²) in [5.41, 5.74) is 2.32. The monoisotopic (exact) mass is 432 g/mol. The van der Waals surface area contributed by atoms with Gasteiger partial charge in [-0.15, -0.1) is 24.8 Å². The molecule has 1 heterocycles.